The van der Waals surface area contributed by atoms with E-state index in [0.29, 0.717) is 0 Å². The molecule has 0 radical (unpaired) electrons. The summed E-state index contributed by atoms with van der Waals surface area (Å²) in [5, 5.41) is 0. The van der Waals surface area contributed by atoms with Crippen LogP contribution in [0.25, 0.3) is 0 Å². The van der Waals surface area contributed by atoms with E-state index in [2.05, 4.69) is 104 Å². The van der Waals surface area contributed by atoms with Crippen molar-refractivity contribution in [2.45, 2.75) is 86.8 Å². The SMILES string of the molecule is Cc1cc(CC(c2cc(C)c(S)c(C)c2)(c2cc(C)c(S)c(C)c2)c2cc(C)c(S)c(C)c2)cc(C)c1S. The Hall–Kier alpha value is -1.72. The van der Waals surface area contributed by atoms with Gasteiger partial charge in [0.15, 0.2) is 0 Å². The van der Waals surface area contributed by atoms with E-state index in [0.717, 1.165) is 26.0 Å². The van der Waals surface area contributed by atoms with E-state index in [1.165, 1.54) is 66.8 Å². The lowest BCUT2D eigenvalue weighted by atomic mass is 9.64. The molecule has 4 aromatic rings. The van der Waals surface area contributed by atoms with Gasteiger partial charge in [-0.05, 0) is 129 Å². The Kier molecular flexibility index (Phi) is 8.50. The molecular formula is C34H38S4. The third-order valence-corrected chi connectivity index (χ3v) is 10.8. The van der Waals surface area contributed by atoms with Crippen LogP contribution in [-0.4, -0.2) is 0 Å². The smallest absolute Gasteiger partial charge is 0.0492 e. The summed E-state index contributed by atoms with van der Waals surface area (Å²) < 4.78 is 0. The Bertz CT molecular complexity index is 1330. The summed E-state index contributed by atoms with van der Waals surface area (Å²) in [7, 11) is 0. The van der Waals surface area contributed by atoms with E-state index in [-0.39, 0.29) is 0 Å². The maximum absolute atomic E-state index is 4.83. The second-order valence-corrected chi connectivity index (χ2v) is 12.8. The molecule has 4 heteroatoms. The molecular weight excluding hydrogens is 537 g/mol. The molecule has 38 heavy (non-hydrogen) atoms. The fourth-order valence-corrected chi connectivity index (χ4v) is 6.38. The molecule has 0 aliphatic rings. The Morgan fingerprint density at radius 3 is 0.842 bits per heavy atom. The van der Waals surface area contributed by atoms with Crippen molar-refractivity contribution in [3.8, 4) is 0 Å². The fraction of sp³-hybridized carbons (Fsp3) is 0.294. The molecule has 0 aliphatic heterocycles. The second-order valence-electron chi connectivity index (χ2n) is 11.0. The van der Waals surface area contributed by atoms with E-state index in [9.17, 15) is 0 Å². The van der Waals surface area contributed by atoms with Crippen LogP contribution in [0.15, 0.2) is 68.1 Å². The molecule has 0 unspecified atom stereocenters. The lowest BCUT2D eigenvalue weighted by molar-refractivity contribution is 0.606. The van der Waals surface area contributed by atoms with Crippen molar-refractivity contribution in [3.05, 3.63) is 115 Å². The summed E-state index contributed by atoms with van der Waals surface area (Å²) >= 11 is 19.3. The molecule has 4 rings (SSSR count). The summed E-state index contributed by atoms with van der Waals surface area (Å²) in [4.78, 5) is 4.20. The zero-order chi connectivity index (χ0) is 28.1. The molecule has 0 fully saturated rings. The normalized spacial score (nSPS) is 11.8. The van der Waals surface area contributed by atoms with Crippen LogP contribution in [0.1, 0.15) is 66.8 Å². The van der Waals surface area contributed by atoms with E-state index < -0.39 is 5.41 Å². The third kappa shape index (κ3) is 5.22. The van der Waals surface area contributed by atoms with Crippen LogP contribution in [0.2, 0.25) is 0 Å². The highest BCUT2D eigenvalue weighted by atomic mass is 32.1. The average molecular weight is 575 g/mol. The van der Waals surface area contributed by atoms with Crippen LogP contribution in [0, 0.1) is 55.4 Å². The summed E-state index contributed by atoms with van der Waals surface area (Å²) in [6, 6.07) is 18.6. The molecule has 0 atom stereocenters. The first-order valence-corrected chi connectivity index (χ1v) is 14.8. The van der Waals surface area contributed by atoms with Crippen LogP contribution < -0.4 is 0 Å². The molecule has 0 bridgehead atoms. The predicted octanol–water partition coefficient (Wildman–Crippen LogP) is 9.89. The molecule has 0 amide bonds. The molecule has 198 valence electrons. The number of thiol groups is 4. The number of hydrogen-bond donors (Lipinski definition) is 4. The topological polar surface area (TPSA) is 0 Å². The second kappa shape index (κ2) is 11.0. The largest absolute Gasteiger partial charge is 0.143 e. The van der Waals surface area contributed by atoms with Crippen LogP contribution in [0.5, 0.6) is 0 Å². The number of benzene rings is 4. The Balaban J connectivity index is 2.21. The Morgan fingerprint density at radius 2 is 0.605 bits per heavy atom. The maximum atomic E-state index is 4.83. The third-order valence-electron chi connectivity index (χ3n) is 7.97. The van der Waals surface area contributed by atoms with Gasteiger partial charge in [0.25, 0.3) is 0 Å². The minimum atomic E-state index is -0.442. The fourth-order valence-electron chi connectivity index (χ4n) is 5.87. The van der Waals surface area contributed by atoms with Gasteiger partial charge in [0.1, 0.15) is 0 Å². The van der Waals surface area contributed by atoms with Gasteiger partial charge in [-0.2, -0.15) is 0 Å². The van der Waals surface area contributed by atoms with Gasteiger partial charge in [-0.1, -0.05) is 48.5 Å². The van der Waals surface area contributed by atoms with E-state index >= 15 is 0 Å². The number of rotatable bonds is 5. The highest BCUT2D eigenvalue weighted by Crippen LogP contribution is 2.46. The molecule has 4 aromatic carbocycles. The van der Waals surface area contributed by atoms with Gasteiger partial charge in [-0.3, -0.25) is 0 Å². The average Bonchev–Trinajstić information content (AvgIpc) is 2.85. The Morgan fingerprint density at radius 1 is 0.395 bits per heavy atom. The summed E-state index contributed by atoms with van der Waals surface area (Å²) in [6.07, 6.45) is 0.809. The van der Waals surface area contributed by atoms with Gasteiger partial charge in [0.2, 0.25) is 0 Å². The lowest BCUT2D eigenvalue weighted by Gasteiger charge is -2.38. The molecule has 0 heterocycles. The van der Waals surface area contributed by atoms with Crippen molar-refractivity contribution in [2.24, 2.45) is 0 Å². The molecule has 0 aromatic heterocycles. The summed E-state index contributed by atoms with van der Waals surface area (Å²) in [5.74, 6) is 0. The standard InChI is InChI=1S/C34H38S4/c1-18-9-26(10-19(2)30(18)35)17-34(27-11-20(3)31(36)21(4)12-27,28-13-22(5)32(37)23(6)14-28)29-15-24(7)33(38)25(8)16-29/h9-16,35-38H,17H2,1-8H3. The first kappa shape index (κ1) is 29.3. The number of aryl methyl sites for hydroxylation is 8. The number of hydrogen-bond acceptors (Lipinski definition) is 4. The van der Waals surface area contributed by atoms with Crippen molar-refractivity contribution >= 4 is 50.5 Å². The first-order chi connectivity index (χ1) is 17.8. The summed E-state index contributed by atoms with van der Waals surface area (Å²) in [6.45, 7) is 17.3. The summed E-state index contributed by atoms with van der Waals surface area (Å²) in [5.41, 5.74) is 14.2. The molecule has 0 aliphatic carbocycles. The monoisotopic (exact) mass is 574 g/mol. The van der Waals surface area contributed by atoms with E-state index in [1.807, 2.05) is 0 Å². The Labute approximate surface area is 251 Å². The van der Waals surface area contributed by atoms with Gasteiger partial charge in [-0.15, -0.1) is 50.5 Å². The van der Waals surface area contributed by atoms with Crippen LogP contribution >= 0.6 is 50.5 Å². The van der Waals surface area contributed by atoms with Crippen LogP contribution in [-0.2, 0) is 11.8 Å². The van der Waals surface area contributed by atoms with Crippen LogP contribution in [0.4, 0.5) is 0 Å². The van der Waals surface area contributed by atoms with Gasteiger partial charge in [-0.25, -0.2) is 0 Å². The van der Waals surface area contributed by atoms with Gasteiger partial charge in [0.05, 0.1) is 0 Å². The molecule has 0 saturated carbocycles. The van der Waals surface area contributed by atoms with E-state index in [4.69, 9.17) is 50.5 Å². The highest BCUT2D eigenvalue weighted by Gasteiger charge is 2.38. The minimum Gasteiger partial charge on any atom is -0.143 e. The van der Waals surface area contributed by atoms with Crippen molar-refractivity contribution < 1.29 is 0 Å². The lowest BCUT2D eigenvalue weighted by Crippen LogP contribution is -2.33. The van der Waals surface area contributed by atoms with Gasteiger partial charge < -0.3 is 0 Å². The predicted molar refractivity (Wildman–Crippen MR) is 176 cm³/mol. The zero-order valence-corrected chi connectivity index (χ0v) is 27.2. The first-order valence-electron chi connectivity index (χ1n) is 13.0. The van der Waals surface area contributed by atoms with Gasteiger partial charge >= 0.3 is 0 Å². The highest BCUT2D eigenvalue weighted by molar-refractivity contribution is 7.81. The zero-order valence-electron chi connectivity index (χ0n) is 23.6. The molecule has 0 saturated heterocycles. The van der Waals surface area contributed by atoms with Crippen LogP contribution in [0.3, 0.4) is 0 Å². The van der Waals surface area contributed by atoms with Crippen molar-refractivity contribution in [2.75, 3.05) is 0 Å². The minimum absolute atomic E-state index is 0.442. The van der Waals surface area contributed by atoms with Crippen molar-refractivity contribution in [1.29, 1.82) is 0 Å². The maximum Gasteiger partial charge on any atom is 0.0492 e. The van der Waals surface area contributed by atoms with Crippen molar-refractivity contribution in [3.63, 3.8) is 0 Å². The molecule has 0 spiro atoms. The molecule has 0 N–H and O–H groups in total. The van der Waals surface area contributed by atoms with Gasteiger partial charge in [0, 0.05) is 25.0 Å². The van der Waals surface area contributed by atoms with E-state index in [1.54, 1.807) is 0 Å². The quantitative estimate of drug-likeness (QED) is 0.132. The molecule has 0 nitrogen and oxygen atoms in total. The van der Waals surface area contributed by atoms with Crippen molar-refractivity contribution in [1.82, 2.24) is 0 Å².